The molecule has 0 bridgehead atoms. The second-order valence-electron chi connectivity index (χ2n) is 7.02. The molecule has 0 aliphatic carbocycles. The number of carbonyl (C=O) groups is 1. The zero-order valence-electron chi connectivity index (χ0n) is 17.0. The van der Waals surface area contributed by atoms with Crippen LogP contribution in [0.15, 0.2) is 67.0 Å². The van der Waals surface area contributed by atoms with Crippen molar-refractivity contribution in [2.24, 2.45) is 0 Å². The summed E-state index contributed by atoms with van der Waals surface area (Å²) in [7, 11) is 1.59. The number of nitrogens with zero attached hydrogens (tertiary/aromatic N) is 1. The number of hydrogen-bond donors (Lipinski definition) is 3. The van der Waals surface area contributed by atoms with Gasteiger partial charge in [-0.2, -0.15) is 13.2 Å². The molecule has 2 aromatic heterocycles. The minimum atomic E-state index is -4.48. The van der Waals surface area contributed by atoms with E-state index in [1.807, 2.05) is 6.07 Å². The van der Waals surface area contributed by atoms with Crippen molar-refractivity contribution in [3.63, 3.8) is 0 Å². The van der Waals surface area contributed by atoms with E-state index < -0.39 is 17.6 Å². The molecule has 3 N–H and O–H groups in total. The minimum absolute atomic E-state index is 0.0683. The predicted molar refractivity (Wildman–Crippen MR) is 116 cm³/mol. The summed E-state index contributed by atoms with van der Waals surface area (Å²) in [5.41, 5.74) is 1.76. The van der Waals surface area contributed by atoms with Gasteiger partial charge in [-0.05, 0) is 42.5 Å². The number of nitrogens with one attached hydrogen (secondary N) is 3. The molecule has 164 valence electrons. The Hall–Kier alpha value is -4.01. The van der Waals surface area contributed by atoms with Gasteiger partial charge < -0.3 is 20.4 Å². The summed E-state index contributed by atoms with van der Waals surface area (Å²) in [6, 6.07) is 13.1. The number of benzene rings is 2. The van der Waals surface area contributed by atoms with E-state index in [0.717, 1.165) is 28.7 Å². The van der Waals surface area contributed by atoms with Gasteiger partial charge in [0.25, 0.3) is 5.91 Å². The number of fused-ring (bicyclic) bond motifs is 1. The highest BCUT2D eigenvalue weighted by Crippen LogP contribution is 2.31. The summed E-state index contributed by atoms with van der Waals surface area (Å²) in [6.07, 6.45) is -0.997. The number of aromatic nitrogens is 2. The molecule has 6 nitrogen and oxygen atoms in total. The number of hydrogen-bond acceptors (Lipinski definition) is 4. The normalized spacial score (nSPS) is 11.4. The lowest BCUT2D eigenvalue weighted by Gasteiger charge is -2.13. The van der Waals surface area contributed by atoms with Crippen molar-refractivity contribution in [1.29, 1.82) is 0 Å². The van der Waals surface area contributed by atoms with Gasteiger partial charge in [-0.3, -0.25) is 4.79 Å². The summed E-state index contributed by atoms with van der Waals surface area (Å²) in [5, 5.41) is 6.59. The largest absolute Gasteiger partial charge is 0.496 e. The number of rotatable bonds is 6. The highest BCUT2D eigenvalue weighted by Gasteiger charge is 2.30. The second kappa shape index (κ2) is 8.62. The van der Waals surface area contributed by atoms with E-state index in [2.05, 4.69) is 20.6 Å². The molecule has 4 aromatic rings. The molecule has 0 aliphatic rings. The quantitative estimate of drug-likeness (QED) is 0.372. The highest BCUT2D eigenvalue weighted by molar-refractivity contribution is 6.04. The number of aromatic amines is 1. The summed E-state index contributed by atoms with van der Waals surface area (Å²) in [6.45, 7) is 0.399. The van der Waals surface area contributed by atoms with Crippen molar-refractivity contribution < 1.29 is 22.7 Å². The number of alkyl halides is 3. The Balaban J connectivity index is 1.48. The van der Waals surface area contributed by atoms with Crippen LogP contribution in [0.2, 0.25) is 0 Å². The van der Waals surface area contributed by atoms with Crippen LogP contribution >= 0.6 is 0 Å². The molecule has 0 saturated heterocycles. The summed E-state index contributed by atoms with van der Waals surface area (Å²) in [5.74, 6) is 0.183. The molecule has 0 saturated carbocycles. The lowest BCUT2D eigenvalue weighted by molar-refractivity contribution is -0.137. The van der Waals surface area contributed by atoms with Crippen LogP contribution in [-0.2, 0) is 12.7 Å². The minimum Gasteiger partial charge on any atom is -0.496 e. The lowest BCUT2D eigenvalue weighted by atomic mass is 10.1. The molecule has 0 atom stereocenters. The molecular formula is C23H19F3N4O2. The fraction of sp³-hybridized carbons (Fsp3) is 0.130. The van der Waals surface area contributed by atoms with E-state index in [1.54, 1.807) is 43.8 Å². The molecule has 4 rings (SSSR count). The van der Waals surface area contributed by atoms with Crippen LogP contribution in [0.1, 0.15) is 21.5 Å². The number of ether oxygens (including phenoxy) is 1. The number of methoxy groups -OCH3 is 1. The van der Waals surface area contributed by atoms with Gasteiger partial charge in [0.15, 0.2) is 0 Å². The Morgan fingerprint density at radius 2 is 1.88 bits per heavy atom. The smallest absolute Gasteiger partial charge is 0.416 e. The third-order valence-corrected chi connectivity index (χ3v) is 4.87. The van der Waals surface area contributed by atoms with E-state index in [0.29, 0.717) is 23.5 Å². The summed E-state index contributed by atoms with van der Waals surface area (Å²) < 4.78 is 44.2. The average Bonchev–Trinajstić information content (AvgIpc) is 3.26. The van der Waals surface area contributed by atoms with Gasteiger partial charge in [0, 0.05) is 41.4 Å². The molecule has 0 spiro atoms. The van der Waals surface area contributed by atoms with Gasteiger partial charge in [0.05, 0.1) is 18.1 Å². The second-order valence-corrected chi connectivity index (χ2v) is 7.02. The third kappa shape index (κ3) is 4.51. The van der Waals surface area contributed by atoms with Crippen molar-refractivity contribution in [2.45, 2.75) is 12.7 Å². The first kappa shape index (κ1) is 21.2. The average molecular weight is 440 g/mol. The molecule has 32 heavy (non-hydrogen) atoms. The van der Waals surface area contributed by atoms with Crippen LogP contribution in [0.5, 0.6) is 5.75 Å². The Morgan fingerprint density at radius 3 is 2.66 bits per heavy atom. The summed E-state index contributed by atoms with van der Waals surface area (Å²) in [4.78, 5) is 20.0. The topological polar surface area (TPSA) is 79.0 Å². The van der Waals surface area contributed by atoms with Crippen LogP contribution in [0.25, 0.3) is 11.0 Å². The number of carbonyl (C=O) groups excluding carboxylic acids is 1. The van der Waals surface area contributed by atoms with E-state index in [4.69, 9.17) is 4.74 Å². The SMILES string of the molecule is COc1c(CNc2cccc(C(=O)Nc3cccc(C(F)(F)F)c3)c2)cnc2[nH]ccc12. The van der Waals surface area contributed by atoms with Crippen molar-refractivity contribution in [1.82, 2.24) is 9.97 Å². The molecule has 0 radical (unpaired) electrons. The first-order valence-electron chi connectivity index (χ1n) is 9.66. The monoisotopic (exact) mass is 440 g/mol. The third-order valence-electron chi connectivity index (χ3n) is 4.87. The fourth-order valence-corrected chi connectivity index (χ4v) is 3.34. The Morgan fingerprint density at radius 1 is 1.09 bits per heavy atom. The van der Waals surface area contributed by atoms with E-state index in [9.17, 15) is 18.0 Å². The molecule has 0 fully saturated rings. The first-order chi connectivity index (χ1) is 15.3. The van der Waals surface area contributed by atoms with Gasteiger partial charge >= 0.3 is 6.18 Å². The maximum Gasteiger partial charge on any atom is 0.416 e. The Bertz CT molecular complexity index is 1270. The maximum absolute atomic E-state index is 12.9. The Kier molecular flexibility index (Phi) is 5.72. The summed E-state index contributed by atoms with van der Waals surface area (Å²) >= 11 is 0. The molecule has 2 aromatic carbocycles. The molecule has 1 amide bonds. The fourth-order valence-electron chi connectivity index (χ4n) is 3.34. The maximum atomic E-state index is 12.9. The molecular weight excluding hydrogens is 421 g/mol. The molecule has 0 unspecified atom stereocenters. The van der Waals surface area contributed by atoms with Crippen molar-refractivity contribution in [3.8, 4) is 5.75 Å². The van der Waals surface area contributed by atoms with Crippen LogP contribution in [0.4, 0.5) is 24.5 Å². The van der Waals surface area contributed by atoms with Crippen LogP contribution in [0, 0.1) is 0 Å². The number of pyridine rings is 1. The lowest BCUT2D eigenvalue weighted by Crippen LogP contribution is -2.13. The van der Waals surface area contributed by atoms with Crippen molar-refractivity contribution in [3.05, 3.63) is 83.7 Å². The van der Waals surface area contributed by atoms with Gasteiger partial charge in [-0.15, -0.1) is 0 Å². The van der Waals surface area contributed by atoms with Gasteiger partial charge in [0.2, 0.25) is 0 Å². The van der Waals surface area contributed by atoms with E-state index in [1.165, 1.54) is 12.1 Å². The predicted octanol–water partition coefficient (Wildman–Crippen LogP) is 5.45. The molecule has 9 heteroatoms. The number of halogens is 3. The number of anilines is 2. The van der Waals surface area contributed by atoms with Crippen molar-refractivity contribution >= 4 is 28.3 Å². The number of amides is 1. The highest BCUT2D eigenvalue weighted by atomic mass is 19.4. The molecule has 2 heterocycles. The first-order valence-corrected chi connectivity index (χ1v) is 9.66. The van der Waals surface area contributed by atoms with E-state index in [-0.39, 0.29) is 5.69 Å². The van der Waals surface area contributed by atoms with Crippen LogP contribution in [-0.4, -0.2) is 23.0 Å². The number of H-pyrrole nitrogens is 1. The standard InChI is InChI=1S/C23H19F3N4O2/c1-32-20-15(13-29-21-19(20)8-9-27-21)12-28-17-6-2-4-14(10-17)22(31)30-18-7-3-5-16(11-18)23(24,25)26/h2-11,13,28H,12H2,1H3,(H,27,29)(H,30,31). The Labute approximate surface area is 181 Å². The molecule has 0 aliphatic heterocycles. The van der Waals surface area contributed by atoms with Crippen LogP contribution < -0.4 is 15.4 Å². The zero-order valence-corrected chi connectivity index (χ0v) is 17.0. The van der Waals surface area contributed by atoms with Crippen LogP contribution in [0.3, 0.4) is 0 Å². The van der Waals surface area contributed by atoms with Gasteiger partial charge in [0.1, 0.15) is 11.4 Å². The zero-order chi connectivity index (χ0) is 22.7. The van der Waals surface area contributed by atoms with Gasteiger partial charge in [-0.25, -0.2) is 4.98 Å². The van der Waals surface area contributed by atoms with Gasteiger partial charge in [-0.1, -0.05) is 12.1 Å². The van der Waals surface area contributed by atoms with Crippen molar-refractivity contribution in [2.75, 3.05) is 17.7 Å². The van der Waals surface area contributed by atoms with E-state index >= 15 is 0 Å².